The van der Waals surface area contributed by atoms with Crippen molar-refractivity contribution in [3.63, 3.8) is 0 Å². The first-order valence-electron chi connectivity index (χ1n) is 10.2. The Morgan fingerprint density at radius 3 is 1.27 bits per heavy atom. The van der Waals surface area contributed by atoms with E-state index in [1.165, 1.54) is 38.2 Å². The largest absolute Gasteiger partial charge is 1.00 e. The highest BCUT2D eigenvalue weighted by Crippen LogP contribution is 2.58. The SMILES string of the molecule is Cc1cccc([P+](Cc2ccccc2)(c2cccc(C)c2)c2cccc(C)c2)c1.[I-]. The molecule has 2 heteroatoms. The molecule has 0 nitrogen and oxygen atoms in total. The Hall–Kier alpha value is -1.96. The summed E-state index contributed by atoms with van der Waals surface area (Å²) in [5.74, 6) is 0. The maximum Gasteiger partial charge on any atom is 0.116 e. The summed E-state index contributed by atoms with van der Waals surface area (Å²) in [5.41, 5.74) is 5.35. The molecule has 4 aromatic rings. The van der Waals surface area contributed by atoms with Crippen LogP contribution in [0, 0.1) is 20.8 Å². The number of aryl methyl sites for hydroxylation is 3. The fourth-order valence-electron chi connectivity index (χ4n) is 4.17. The van der Waals surface area contributed by atoms with Gasteiger partial charge in [0.05, 0.1) is 6.16 Å². The van der Waals surface area contributed by atoms with Gasteiger partial charge in [0.2, 0.25) is 0 Å². The Bertz CT molecular complexity index is 1010. The lowest BCUT2D eigenvalue weighted by Crippen LogP contribution is -3.00. The van der Waals surface area contributed by atoms with Gasteiger partial charge < -0.3 is 24.0 Å². The lowest BCUT2D eigenvalue weighted by atomic mass is 10.2. The topological polar surface area (TPSA) is 0 Å². The number of benzene rings is 4. The average molecular weight is 522 g/mol. The van der Waals surface area contributed by atoms with Crippen LogP contribution >= 0.6 is 7.26 Å². The Kier molecular flexibility index (Phi) is 7.50. The monoisotopic (exact) mass is 522 g/mol. The Labute approximate surface area is 198 Å². The van der Waals surface area contributed by atoms with Crippen molar-refractivity contribution in [2.45, 2.75) is 26.9 Å². The minimum Gasteiger partial charge on any atom is -1.00 e. The van der Waals surface area contributed by atoms with Crippen molar-refractivity contribution in [2.24, 2.45) is 0 Å². The van der Waals surface area contributed by atoms with Crippen molar-refractivity contribution in [1.29, 1.82) is 0 Å². The van der Waals surface area contributed by atoms with Crippen molar-refractivity contribution in [1.82, 2.24) is 0 Å². The van der Waals surface area contributed by atoms with Crippen LogP contribution in [0.15, 0.2) is 103 Å². The zero-order valence-corrected chi connectivity index (χ0v) is 20.9. The predicted molar refractivity (Wildman–Crippen MR) is 130 cm³/mol. The van der Waals surface area contributed by atoms with Gasteiger partial charge in [-0.15, -0.1) is 0 Å². The summed E-state index contributed by atoms with van der Waals surface area (Å²) < 4.78 is 0. The zero-order chi connectivity index (χ0) is 20.3. The third kappa shape index (κ3) is 4.68. The normalized spacial score (nSPS) is 11.0. The molecule has 0 amide bonds. The molecule has 0 aliphatic rings. The Morgan fingerprint density at radius 2 is 0.900 bits per heavy atom. The second-order valence-corrected chi connectivity index (χ2v) is 11.5. The highest BCUT2D eigenvalue weighted by Gasteiger charge is 2.45. The van der Waals surface area contributed by atoms with Crippen LogP contribution in [0.1, 0.15) is 22.3 Å². The minimum atomic E-state index is -1.86. The summed E-state index contributed by atoms with van der Waals surface area (Å²) in [4.78, 5) is 0. The van der Waals surface area contributed by atoms with Crippen molar-refractivity contribution in [2.75, 3.05) is 0 Å². The summed E-state index contributed by atoms with van der Waals surface area (Å²) in [5, 5.41) is 4.37. The molecule has 0 atom stereocenters. The Balaban J connectivity index is 0.00000256. The van der Waals surface area contributed by atoms with E-state index in [1.807, 2.05) is 0 Å². The van der Waals surface area contributed by atoms with Crippen LogP contribution in [0.5, 0.6) is 0 Å². The molecular formula is C28H28IP. The van der Waals surface area contributed by atoms with Crippen LogP contribution in [0.25, 0.3) is 0 Å². The van der Waals surface area contributed by atoms with E-state index in [1.54, 1.807) is 0 Å². The maximum absolute atomic E-state index is 2.40. The van der Waals surface area contributed by atoms with Crippen LogP contribution in [0.4, 0.5) is 0 Å². The van der Waals surface area contributed by atoms with E-state index in [0.717, 1.165) is 6.16 Å². The molecule has 0 spiro atoms. The van der Waals surface area contributed by atoms with Gasteiger partial charge in [0.15, 0.2) is 0 Å². The molecule has 4 aromatic carbocycles. The highest BCUT2D eigenvalue weighted by molar-refractivity contribution is 7.95. The fraction of sp³-hybridized carbons (Fsp3) is 0.143. The lowest BCUT2D eigenvalue weighted by Gasteiger charge is -2.28. The van der Waals surface area contributed by atoms with Crippen molar-refractivity contribution in [3.05, 3.63) is 125 Å². The van der Waals surface area contributed by atoms with E-state index >= 15 is 0 Å². The summed E-state index contributed by atoms with van der Waals surface area (Å²) in [6.07, 6.45) is 1.03. The molecule has 0 unspecified atom stereocenters. The van der Waals surface area contributed by atoms with E-state index in [0.29, 0.717) is 0 Å². The van der Waals surface area contributed by atoms with Gasteiger partial charge in [0.25, 0.3) is 0 Å². The summed E-state index contributed by atoms with van der Waals surface area (Å²) in [6, 6.07) is 38.5. The van der Waals surface area contributed by atoms with E-state index in [9.17, 15) is 0 Å². The molecule has 30 heavy (non-hydrogen) atoms. The van der Waals surface area contributed by atoms with Crippen LogP contribution < -0.4 is 39.9 Å². The molecular weight excluding hydrogens is 494 g/mol. The predicted octanol–water partition coefficient (Wildman–Crippen LogP) is 3.11. The van der Waals surface area contributed by atoms with E-state index in [4.69, 9.17) is 0 Å². The quantitative estimate of drug-likeness (QED) is 0.279. The molecule has 152 valence electrons. The molecule has 0 aliphatic heterocycles. The van der Waals surface area contributed by atoms with Crippen LogP contribution in [0.3, 0.4) is 0 Å². The standard InChI is InChI=1S/C28H28P.HI/c1-22-10-7-15-26(18-22)29(21-25-13-5-4-6-14-25,27-16-8-11-23(2)19-27)28-17-9-12-24(3)20-28;/h4-20H,21H2,1-3H3;1H/q+1;/p-1. The fourth-order valence-corrected chi connectivity index (χ4v) is 8.67. The van der Waals surface area contributed by atoms with Gasteiger partial charge in [-0.2, -0.15) is 0 Å². The van der Waals surface area contributed by atoms with Gasteiger partial charge in [-0.3, -0.25) is 0 Å². The van der Waals surface area contributed by atoms with Crippen LogP contribution in [-0.4, -0.2) is 0 Å². The summed E-state index contributed by atoms with van der Waals surface area (Å²) in [7, 11) is -1.86. The molecule has 0 aromatic heterocycles. The minimum absolute atomic E-state index is 0. The van der Waals surface area contributed by atoms with Crippen molar-refractivity contribution >= 4 is 23.2 Å². The zero-order valence-electron chi connectivity index (χ0n) is 17.8. The van der Waals surface area contributed by atoms with E-state index < -0.39 is 7.26 Å². The molecule has 0 saturated heterocycles. The smallest absolute Gasteiger partial charge is 0.116 e. The first kappa shape index (κ1) is 22.7. The number of halogens is 1. The second-order valence-electron chi connectivity index (χ2n) is 7.97. The molecule has 0 aliphatic carbocycles. The van der Waals surface area contributed by atoms with Crippen LogP contribution in [-0.2, 0) is 6.16 Å². The van der Waals surface area contributed by atoms with Crippen molar-refractivity contribution in [3.8, 4) is 0 Å². The molecule has 0 fully saturated rings. The first-order chi connectivity index (χ1) is 14.1. The average Bonchev–Trinajstić information content (AvgIpc) is 2.73. The lowest BCUT2D eigenvalue weighted by molar-refractivity contribution is -0.00000593. The van der Waals surface area contributed by atoms with Gasteiger partial charge >= 0.3 is 0 Å². The van der Waals surface area contributed by atoms with Gasteiger partial charge in [0.1, 0.15) is 23.2 Å². The first-order valence-corrected chi connectivity index (χ1v) is 12.2. The van der Waals surface area contributed by atoms with Gasteiger partial charge in [-0.05, 0) is 79.4 Å². The van der Waals surface area contributed by atoms with E-state index in [2.05, 4.69) is 124 Å². The van der Waals surface area contributed by atoms with E-state index in [-0.39, 0.29) is 24.0 Å². The number of rotatable bonds is 5. The highest BCUT2D eigenvalue weighted by atomic mass is 127. The molecule has 0 bridgehead atoms. The second kappa shape index (κ2) is 9.90. The third-order valence-corrected chi connectivity index (χ3v) is 9.91. The van der Waals surface area contributed by atoms with Crippen molar-refractivity contribution < 1.29 is 24.0 Å². The molecule has 4 rings (SSSR count). The van der Waals surface area contributed by atoms with Gasteiger partial charge in [0, 0.05) is 0 Å². The van der Waals surface area contributed by atoms with Gasteiger partial charge in [-0.25, -0.2) is 0 Å². The number of hydrogen-bond donors (Lipinski definition) is 0. The molecule has 0 N–H and O–H groups in total. The Morgan fingerprint density at radius 1 is 0.500 bits per heavy atom. The maximum atomic E-state index is 2.40. The van der Waals surface area contributed by atoms with Crippen LogP contribution in [0.2, 0.25) is 0 Å². The van der Waals surface area contributed by atoms with Gasteiger partial charge in [-0.1, -0.05) is 66.7 Å². The molecule has 0 heterocycles. The summed E-state index contributed by atoms with van der Waals surface area (Å²) >= 11 is 0. The molecule has 0 saturated carbocycles. The summed E-state index contributed by atoms with van der Waals surface area (Å²) in [6.45, 7) is 6.60. The third-order valence-electron chi connectivity index (χ3n) is 5.59. The molecule has 0 radical (unpaired) electrons. The number of hydrogen-bond acceptors (Lipinski definition) is 0.